The zero-order valence-corrected chi connectivity index (χ0v) is 16.7. The van der Waals surface area contributed by atoms with Crippen molar-refractivity contribution >= 4 is 15.8 Å². The fourth-order valence-electron chi connectivity index (χ4n) is 3.23. The Bertz CT molecular complexity index is 1050. The van der Waals surface area contributed by atoms with Crippen molar-refractivity contribution in [3.05, 3.63) is 29.3 Å². The molecule has 0 aliphatic heterocycles. The number of halogens is 6. The largest absolute Gasteiger partial charge is 0.482 e. The van der Waals surface area contributed by atoms with Gasteiger partial charge in [-0.2, -0.15) is 18.2 Å². The molecule has 0 radical (unpaired) electrons. The molecule has 1 aliphatic rings. The molecule has 2 aromatic rings. The van der Waals surface area contributed by atoms with Crippen LogP contribution in [0.25, 0.3) is 0 Å². The summed E-state index contributed by atoms with van der Waals surface area (Å²) >= 11 is 0. The Labute approximate surface area is 172 Å². The molecule has 7 nitrogen and oxygen atoms in total. The molecular weight excluding hydrogens is 456 g/mol. The van der Waals surface area contributed by atoms with Crippen molar-refractivity contribution in [3.8, 4) is 11.6 Å². The first kappa shape index (κ1) is 23.0. The smallest absolute Gasteiger partial charge is 0.392 e. The van der Waals surface area contributed by atoms with E-state index in [4.69, 9.17) is 4.74 Å². The number of aromatic nitrogens is 2. The number of alkyl halides is 5. The van der Waals surface area contributed by atoms with Crippen molar-refractivity contribution in [1.82, 2.24) is 9.97 Å². The standard InChI is InChI=1S/C17H17F6N3O4S/c1-29-16-12(30-7-14(19)20)5-10(18)15(25-16)26-31(27,28)13-6-24-11-4-8(17(21,22)23)2-3-9(11)13/h5-6,8,14,24H,2-4,7H2,1H3,(H,25,26). The molecule has 2 heterocycles. The first-order valence-corrected chi connectivity index (χ1v) is 10.3. The fourth-order valence-corrected chi connectivity index (χ4v) is 4.50. The Morgan fingerprint density at radius 3 is 2.68 bits per heavy atom. The van der Waals surface area contributed by atoms with Gasteiger partial charge in [-0.1, -0.05) is 0 Å². The molecule has 2 N–H and O–H groups in total. The minimum Gasteiger partial charge on any atom is -0.482 e. The molecule has 31 heavy (non-hydrogen) atoms. The van der Waals surface area contributed by atoms with Crippen LogP contribution in [0.5, 0.6) is 11.6 Å². The molecule has 3 rings (SSSR count). The second kappa shape index (κ2) is 8.48. The Morgan fingerprint density at radius 2 is 2.06 bits per heavy atom. The number of nitrogens with zero attached hydrogens (tertiary/aromatic N) is 1. The first-order chi connectivity index (χ1) is 14.4. The number of nitrogens with one attached hydrogen (secondary N) is 2. The second-order valence-electron chi connectivity index (χ2n) is 6.73. The second-order valence-corrected chi connectivity index (χ2v) is 8.38. The Hall–Kier alpha value is -2.64. The van der Waals surface area contributed by atoms with E-state index < -0.39 is 64.8 Å². The molecular formula is C17H17F6N3O4S. The molecule has 172 valence electrons. The number of H-pyrrole nitrogens is 1. The summed E-state index contributed by atoms with van der Waals surface area (Å²) in [4.78, 5) is 5.82. The minimum atomic E-state index is -4.43. The summed E-state index contributed by atoms with van der Waals surface area (Å²) in [5.74, 6) is -4.51. The van der Waals surface area contributed by atoms with Crippen LogP contribution in [-0.4, -0.2) is 44.7 Å². The highest BCUT2D eigenvalue weighted by Crippen LogP contribution is 2.39. The molecule has 0 fully saturated rings. The van der Waals surface area contributed by atoms with Crippen LogP contribution in [0.15, 0.2) is 17.2 Å². The number of ether oxygens (including phenoxy) is 2. The third-order valence-electron chi connectivity index (χ3n) is 4.68. The molecule has 1 atom stereocenters. The van der Waals surface area contributed by atoms with Crippen molar-refractivity contribution in [2.24, 2.45) is 5.92 Å². The lowest BCUT2D eigenvalue weighted by Gasteiger charge is -2.25. The van der Waals surface area contributed by atoms with E-state index in [1.54, 1.807) is 0 Å². The molecule has 2 aromatic heterocycles. The van der Waals surface area contributed by atoms with Crippen LogP contribution in [0.1, 0.15) is 17.7 Å². The molecule has 0 bridgehead atoms. The third kappa shape index (κ3) is 4.99. The summed E-state index contributed by atoms with van der Waals surface area (Å²) in [6.45, 7) is -1.06. The molecule has 0 aromatic carbocycles. The fraction of sp³-hybridized carbons (Fsp3) is 0.471. The summed E-state index contributed by atoms with van der Waals surface area (Å²) in [5.41, 5.74) is 0.313. The number of hydrogen-bond donors (Lipinski definition) is 2. The van der Waals surface area contributed by atoms with Gasteiger partial charge in [0.2, 0.25) is 0 Å². The predicted molar refractivity (Wildman–Crippen MR) is 95.4 cm³/mol. The van der Waals surface area contributed by atoms with E-state index in [1.165, 1.54) is 0 Å². The van der Waals surface area contributed by atoms with E-state index >= 15 is 0 Å². The van der Waals surface area contributed by atoms with E-state index in [-0.39, 0.29) is 29.0 Å². The number of aromatic amines is 1. The maximum atomic E-state index is 14.3. The van der Waals surface area contributed by atoms with E-state index in [0.717, 1.165) is 13.3 Å². The van der Waals surface area contributed by atoms with E-state index in [1.807, 2.05) is 4.72 Å². The number of sulfonamides is 1. The van der Waals surface area contributed by atoms with Gasteiger partial charge in [-0.05, 0) is 24.8 Å². The molecule has 0 saturated heterocycles. The Morgan fingerprint density at radius 1 is 1.35 bits per heavy atom. The highest BCUT2D eigenvalue weighted by Gasteiger charge is 2.42. The van der Waals surface area contributed by atoms with Gasteiger partial charge < -0.3 is 14.5 Å². The Kier molecular flexibility index (Phi) is 6.30. The minimum absolute atomic E-state index is 0.135. The van der Waals surface area contributed by atoms with Gasteiger partial charge in [-0.25, -0.2) is 21.6 Å². The van der Waals surface area contributed by atoms with Gasteiger partial charge in [0.1, 0.15) is 11.5 Å². The average molecular weight is 473 g/mol. The maximum absolute atomic E-state index is 14.3. The van der Waals surface area contributed by atoms with Crippen LogP contribution in [0.3, 0.4) is 0 Å². The van der Waals surface area contributed by atoms with Gasteiger partial charge >= 0.3 is 6.18 Å². The van der Waals surface area contributed by atoms with E-state index in [2.05, 4.69) is 14.7 Å². The quantitative estimate of drug-likeness (QED) is 0.599. The van der Waals surface area contributed by atoms with Crippen molar-refractivity contribution in [2.45, 2.75) is 36.8 Å². The molecule has 1 unspecified atom stereocenters. The number of fused-ring (bicyclic) bond motifs is 1. The number of anilines is 1. The molecule has 1 aliphatic carbocycles. The molecule has 0 spiro atoms. The monoisotopic (exact) mass is 473 g/mol. The number of methoxy groups -OCH3 is 1. The van der Waals surface area contributed by atoms with Crippen LogP contribution in [0, 0.1) is 11.7 Å². The van der Waals surface area contributed by atoms with Gasteiger partial charge in [0.15, 0.2) is 17.4 Å². The van der Waals surface area contributed by atoms with Crippen molar-refractivity contribution in [3.63, 3.8) is 0 Å². The SMILES string of the molecule is COc1nc(NS(=O)(=O)c2c[nH]c3c2CCC(C(F)(F)F)C3)c(F)cc1OCC(F)F. The number of rotatable bonds is 7. The summed E-state index contributed by atoms with van der Waals surface area (Å²) in [6.07, 6.45) is -7.04. The zero-order valence-electron chi connectivity index (χ0n) is 15.9. The van der Waals surface area contributed by atoms with E-state index in [0.29, 0.717) is 6.07 Å². The van der Waals surface area contributed by atoms with Gasteiger partial charge in [-0.3, -0.25) is 4.72 Å². The van der Waals surface area contributed by atoms with Gasteiger partial charge in [0.05, 0.1) is 13.0 Å². The molecule has 14 heteroatoms. The van der Waals surface area contributed by atoms with Crippen LogP contribution < -0.4 is 14.2 Å². The van der Waals surface area contributed by atoms with Crippen molar-refractivity contribution < 1.29 is 44.2 Å². The lowest BCUT2D eigenvalue weighted by molar-refractivity contribution is -0.177. The average Bonchev–Trinajstić information content (AvgIpc) is 3.11. The maximum Gasteiger partial charge on any atom is 0.392 e. The Balaban J connectivity index is 1.86. The van der Waals surface area contributed by atoms with Crippen LogP contribution in [-0.2, 0) is 22.9 Å². The van der Waals surface area contributed by atoms with Crippen LogP contribution in [0.2, 0.25) is 0 Å². The van der Waals surface area contributed by atoms with E-state index in [9.17, 15) is 34.8 Å². The van der Waals surface area contributed by atoms with Crippen molar-refractivity contribution in [1.29, 1.82) is 0 Å². The summed E-state index contributed by atoms with van der Waals surface area (Å²) in [5, 5.41) is 0. The lowest BCUT2D eigenvalue weighted by atomic mass is 9.87. The highest BCUT2D eigenvalue weighted by molar-refractivity contribution is 7.92. The van der Waals surface area contributed by atoms with Gasteiger partial charge in [0, 0.05) is 18.0 Å². The zero-order chi connectivity index (χ0) is 23.0. The summed E-state index contributed by atoms with van der Waals surface area (Å²) in [6, 6.07) is 0.632. The summed E-state index contributed by atoms with van der Waals surface area (Å²) < 4.78 is 115. The summed E-state index contributed by atoms with van der Waals surface area (Å²) in [7, 11) is -3.34. The number of hydrogen-bond acceptors (Lipinski definition) is 5. The first-order valence-electron chi connectivity index (χ1n) is 8.86. The van der Waals surface area contributed by atoms with Crippen LogP contribution >= 0.6 is 0 Å². The van der Waals surface area contributed by atoms with Crippen molar-refractivity contribution in [2.75, 3.05) is 18.4 Å². The van der Waals surface area contributed by atoms with Gasteiger partial charge in [-0.15, -0.1) is 0 Å². The lowest BCUT2D eigenvalue weighted by Crippen LogP contribution is -2.29. The number of pyridine rings is 1. The van der Waals surface area contributed by atoms with Gasteiger partial charge in [0.25, 0.3) is 22.3 Å². The highest BCUT2D eigenvalue weighted by atomic mass is 32.2. The predicted octanol–water partition coefficient (Wildman–Crippen LogP) is 3.67. The normalized spacial score (nSPS) is 16.8. The molecule has 0 saturated carbocycles. The van der Waals surface area contributed by atoms with Crippen LogP contribution in [0.4, 0.5) is 32.2 Å². The molecule has 0 amide bonds. The topological polar surface area (TPSA) is 93.3 Å². The third-order valence-corrected chi connectivity index (χ3v) is 6.09.